The quantitative estimate of drug-likeness (QED) is 0.726. The standard InChI is InChI=1S/C11H8ClN3/c12-7-11-5-6-14-15(11)10-3-1-9(8-13)2-4-10/h1-6H,7H2. The van der Waals surface area contributed by atoms with Crippen LogP contribution in [0.15, 0.2) is 36.5 Å². The molecule has 0 aliphatic heterocycles. The van der Waals surface area contributed by atoms with Gasteiger partial charge in [0.1, 0.15) is 0 Å². The van der Waals surface area contributed by atoms with Gasteiger partial charge in [0.25, 0.3) is 0 Å². The van der Waals surface area contributed by atoms with Gasteiger partial charge in [0, 0.05) is 6.20 Å². The molecule has 0 N–H and O–H groups in total. The van der Waals surface area contributed by atoms with E-state index in [0.29, 0.717) is 11.4 Å². The maximum Gasteiger partial charge on any atom is 0.0991 e. The van der Waals surface area contributed by atoms with Crippen LogP contribution < -0.4 is 0 Å². The Kier molecular flexibility index (Phi) is 2.70. The number of nitriles is 1. The van der Waals surface area contributed by atoms with Crippen molar-refractivity contribution >= 4 is 11.6 Å². The normalized spacial score (nSPS) is 9.87. The van der Waals surface area contributed by atoms with Gasteiger partial charge < -0.3 is 0 Å². The molecule has 0 spiro atoms. The minimum absolute atomic E-state index is 0.417. The predicted octanol–water partition coefficient (Wildman–Crippen LogP) is 2.48. The highest BCUT2D eigenvalue weighted by Crippen LogP contribution is 2.12. The number of hydrogen-bond acceptors (Lipinski definition) is 2. The molecule has 1 aromatic heterocycles. The molecule has 0 bridgehead atoms. The van der Waals surface area contributed by atoms with Gasteiger partial charge in [0.15, 0.2) is 0 Å². The maximum atomic E-state index is 8.67. The number of aromatic nitrogens is 2. The summed E-state index contributed by atoms with van der Waals surface area (Å²) in [6, 6.07) is 11.2. The van der Waals surface area contributed by atoms with Crippen LogP contribution in [0.25, 0.3) is 5.69 Å². The number of rotatable bonds is 2. The predicted molar refractivity (Wildman–Crippen MR) is 57.8 cm³/mol. The van der Waals surface area contributed by atoms with Crippen molar-refractivity contribution < 1.29 is 0 Å². The zero-order chi connectivity index (χ0) is 10.7. The van der Waals surface area contributed by atoms with E-state index in [9.17, 15) is 0 Å². The van der Waals surface area contributed by atoms with Crippen LogP contribution >= 0.6 is 11.6 Å². The van der Waals surface area contributed by atoms with E-state index in [0.717, 1.165) is 11.4 Å². The first-order valence-electron chi connectivity index (χ1n) is 4.44. The van der Waals surface area contributed by atoms with Gasteiger partial charge in [0.2, 0.25) is 0 Å². The van der Waals surface area contributed by atoms with Crippen molar-refractivity contribution in [3.63, 3.8) is 0 Å². The van der Waals surface area contributed by atoms with Gasteiger partial charge in [-0.25, -0.2) is 4.68 Å². The Bertz CT molecular complexity index is 493. The van der Waals surface area contributed by atoms with E-state index < -0.39 is 0 Å². The van der Waals surface area contributed by atoms with Crippen molar-refractivity contribution in [3.05, 3.63) is 47.8 Å². The summed E-state index contributed by atoms with van der Waals surface area (Å²) >= 11 is 5.77. The van der Waals surface area contributed by atoms with Crippen LogP contribution in [0.4, 0.5) is 0 Å². The van der Waals surface area contributed by atoms with Crippen molar-refractivity contribution in [2.45, 2.75) is 5.88 Å². The topological polar surface area (TPSA) is 41.6 Å². The Balaban J connectivity index is 2.42. The van der Waals surface area contributed by atoms with Crippen LogP contribution in [0.3, 0.4) is 0 Å². The fourth-order valence-electron chi connectivity index (χ4n) is 1.34. The van der Waals surface area contributed by atoms with Gasteiger partial charge in [-0.15, -0.1) is 11.6 Å². The number of nitrogens with zero attached hydrogens (tertiary/aromatic N) is 3. The third-order valence-electron chi connectivity index (χ3n) is 2.10. The molecule has 0 atom stereocenters. The first-order chi connectivity index (χ1) is 7.35. The van der Waals surface area contributed by atoms with Crippen molar-refractivity contribution in [2.75, 3.05) is 0 Å². The largest absolute Gasteiger partial charge is 0.237 e. The molecule has 0 aliphatic rings. The van der Waals surface area contributed by atoms with E-state index in [-0.39, 0.29) is 0 Å². The minimum Gasteiger partial charge on any atom is -0.237 e. The number of halogens is 1. The second-order valence-electron chi connectivity index (χ2n) is 3.03. The van der Waals surface area contributed by atoms with Crippen LogP contribution in [0, 0.1) is 11.3 Å². The summed E-state index contributed by atoms with van der Waals surface area (Å²) in [5.41, 5.74) is 2.48. The first-order valence-corrected chi connectivity index (χ1v) is 4.98. The van der Waals surface area contributed by atoms with E-state index in [4.69, 9.17) is 16.9 Å². The Morgan fingerprint density at radius 1 is 1.27 bits per heavy atom. The maximum absolute atomic E-state index is 8.67. The average molecular weight is 218 g/mol. The number of benzene rings is 1. The molecule has 0 fully saturated rings. The fourth-order valence-corrected chi connectivity index (χ4v) is 1.54. The van der Waals surface area contributed by atoms with Crippen LogP contribution in [0.5, 0.6) is 0 Å². The third-order valence-corrected chi connectivity index (χ3v) is 2.37. The molecule has 0 unspecified atom stereocenters. The van der Waals surface area contributed by atoms with Gasteiger partial charge in [-0.05, 0) is 30.3 Å². The zero-order valence-electron chi connectivity index (χ0n) is 7.89. The zero-order valence-corrected chi connectivity index (χ0v) is 8.65. The van der Waals surface area contributed by atoms with Crippen LogP contribution in [-0.4, -0.2) is 9.78 Å². The van der Waals surface area contributed by atoms with Gasteiger partial charge in [-0.3, -0.25) is 0 Å². The molecule has 0 saturated heterocycles. The van der Waals surface area contributed by atoms with Gasteiger partial charge in [-0.2, -0.15) is 10.4 Å². The molecule has 4 heteroatoms. The van der Waals surface area contributed by atoms with E-state index in [1.807, 2.05) is 18.2 Å². The molecule has 1 aromatic carbocycles. The molecular formula is C11H8ClN3. The van der Waals surface area contributed by atoms with E-state index in [1.165, 1.54) is 0 Å². The lowest BCUT2D eigenvalue weighted by Crippen LogP contribution is -1.99. The van der Waals surface area contributed by atoms with Crippen LogP contribution in [0.2, 0.25) is 0 Å². The molecule has 1 heterocycles. The number of hydrogen-bond donors (Lipinski definition) is 0. The molecule has 0 aliphatic carbocycles. The van der Waals surface area contributed by atoms with Gasteiger partial charge >= 0.3 is 0 Å². The van der Waals surface area contributed by atoms with E-state index in [1.54, 1.807) is 23.0 Å². The SMILES string of the molecule is N#Cc1ccc(-n2nccc2CCl)cc1. The molecular weight excluding hydrogens is 210 g/mol. The lowest BCUT2D eigenvalue weighted by atomic mass is 10.2. The van der Waals surface area contributed by atoms with Gasteiger partial charge in [-0.1, -0.05) is 0 Å². The summed E-state index contributed by atoms with van der Waals surface area (Å²) in [5.74, 6) is 0.417. The van der Waals surface area contributed by atoms with Crippen LogP contribution in [0.1, 0.15) is 11.3 Å². The molecule has 0 radical (unpaired) electrons. The van der Waals surface area contributed by atoms with Crippen molar-refractivity contribution in [3.8, 4) is 11.8 Å². The molecule has 74 valence electrons. The summed E-state index contributed by atoms with van der Waals surface area (Å²) in [5, 5.41) is 12.8. The minimum atomic E-state index is 0.417. The molecule has 2 aromatic rings. The highest BCUT2D eigenvalue weighted by Gasteiger charge is 2.02. The average Bonchev–Trinajstić information content (AvgIpc) is 2.77. The molecule has 0 saturated carbocycles. The molecule has 2 rings (SSSR count). The molecule has 3 nitrogen and oxygen atoms in total. The monoisotopic (exact) mass is 217 g/mol. The van der Waals surface area contributed by atoms with Gasteiger partial charge in [0.05, 0.1) is 28.9 Å². The Morgan fingerprint density at radius 2 is 2.00 bits per heavy atom. The summed E-state index contributed by atoms with van der Waals surface area (Å²) in [4.78, 5) is 0. The lowest BCUT2D eigenvalue weighted by Gasteiger charge is -2.04. The van der Waals surface area contributed by atoms with Crippen LogP contribution in [-0.2, 0) is 5.88 Å². The van der Waals surface area contributed by atoms with Crippen molar-refractivity contribution in [1.82, 2.24) is 9.78 Å². The summed E-state index contributed by atoms with van der Waals surface area (Å²) in [6.45, 7) is 0. The molecule has 0 amide bonds. The Morgan fingerprint density at radius 3 is 2.60 bits per heavy atom. The highest BCUT2D eigenvalue weighted by molar-refractivity contribution is 6.16. The van der Waals surface area contributed by atoms with Crippen molar-refractivity contribution in [1.29, 1.82) is 5.26 Å². The summed E-state index contributed by atoms with van der Waals surface area (Å²) in [7, 11) is 0. The highest BCUT2D eigenvalue weighted by atomic mass is 35.5. The number of alkyl halides is 1. The van der Waals surface area contributed by atoms with Crippen molar-refractivity contribution in [2.24, 2.45) is 0 Å². The molecule has 15 heavy (non-hydrogen) atoms. The van der Waals surface area contributed by atoms with E-state index >= 15 is 0 Å². The first kappa shape index (κ1) is 9.75. The third kappa shape index (κ3) is 1.85. The summed E-state index contributed by atoms with van der Waals surface area (Å²) < 4.78 is 1.76. The van der Waals surface area contributed by atoms with E-state index in [2.05, 4.69) is 11.2 Å². The lowest BCUT2D eigenvalue weighted by molar-refractivity contribution is 0.840. The second kappa shape index (κ2) is 4.16. The smallest absolute Gasteiger partial charge is 0.0991 e. The Hall–Kier alpha value is -1.79. The second-order valence-corrected chi connectivity index (χ2v) is 3.29. The summed E-state index contributed by atoms with van der Waals surface area (Å²) in [6.07, 6.45) is 1.70. The fraction of sp³-hybridized carbons (Fsp3) is 0.0909. The Labute approximate surface area is 92.5 Å².